The minimum atomic E-state index is 0.305. The molecule has 4 heteroatoms. The highest BCUT2D eigenvalue weighted by Gasteiger charge is 2.25. The van der Waals surface area contributed by atoms with E-state index in [2.05, 4.69) is 41.3 Å². The number of para-hydroxylation sites is 2. The third-order valence-corrected chi connectivity index (χ3v) is 4.70. The molecule has 142 valence electrons. The second kappa shape index (κ2) is 8.84. The summed E-state index contributed by atoms with van der Waals surface area (Å²) < 4.78 is 4.17. The lowest BCUT2D eigenvalue weighted by Gasteiger charge is -2.08. The fraction of sp³-hybridized carbons (Fsp3) is 0.455. The minimum absolute atomic E-state index is 0.305. The largest absolute Gasteiger partial charge is 0.506 e. The molecule has 2 aromatic heterocycles. The summed E-state index contributed by atoms with van der Waals surface area (Å²) in [6.45, 7) is 12.6. The van der Waals surface area contributed by atoms with Crippen LogP contribution in [0.15, 0.2) is 42.5 Å². The molecule has 2 heterocycles. The lowest BCUT2D eigenvalue weighted by atomic mass is 9.99. The molecule has 0 radical (unpaired) electrons. The summed E-state index contributed by atoms with van der Waals surface area (Å²) in [7, 11) is 0. The molecule has 0 aliphatic rings. The zero-order chi connectivity index (χ0) is 19.3. The van der Waals surface area contributed by atoms with Crippen LogP contribution in [0.3, 0.4) is 0 Å². The standard InChI is InChI=1S/C18H21N3O.2C2H6/c1-3-13(2)8-9-14-10-11-15-17(12-14)21-19(15)20(21)16-6-4-5-7-18(16)22;2*1-2/h4-7,10-13,22H,3,8-9H2,1-2H3;2*1-2H3. The Kier molecular flexibility index (Phi) is 6.78. The number of aryl methyl sites for hydroxylation is 1. The third-order valence-electron chi connectivity index (χ3n) is 4.70. The lowest BCUT2D eigenvalue weighted by molar-refractivity contribution is 0.472. The summed E-state index contributed by atoms with van der Waals surface area (Å²) in [5.41, 5.74) is 4.64. The van der Waals surface area contributed by atoms with Gasteiger partial charge in [0, 0.05) is 0 Å². The number of aromatic nitrogens is 3. The highest BCUT2D eigenvalue weighted by Crippen LogP contribution is 2.31. The summed E-state index contributed by atoms with van der Waals surface area (Å²) in [5.74, 6) is 1.08. The van der Waals surface area contributed by atoms with Crippen molar-refractivity contribution in [3.05, 3.63) is 48.0 Å². The molecule has 0 saturated heterocycles. The highest BCUT2D eigenvalue weighted by molar-refractivity contribution is 5.80. The van der Waals surface area contributed by atoms with E-state index in [1.165, 1.54) is 29.4 Å². The van der Waals surface area contributed by atoms with Gasteiger partial charge in [-0.3, -0.25) is 0 Å². The molecule has 1 N–H and O–H groups in total. The molecule has 1 atom stereocenters. The van der Waals surface area contributed by atoms with Gasteiger partial charge in [0.1, 0.15) is 22.5 Å². The zero-order valence-corrected chi connectivity index (χ0v) is 17.0. The van der Waals surface area contributed by atoms with Crippen LogP contribution in [0.25, 0.3) is 16.7 Å². The van der Waals surface area contributed by atoms with Gasteiger partial charge < -0.3 is 5.11 Å². The summed E-state index contributed by atoms with van der Waals surface area (Å²) in [6, 6.07) is 14.1. The molecule has 4 rings (SSSR count). The number of benzene rings is 2. The van der Waals surface area contributed by atoms with Crippen LogP contribution in [-0.4, -0.2) is 19.2 Å². The molecule has 26 heavy (non-hydrogen) atoms. The molecule has 2 aromatic carbocycles. The molecule has 0 aliphatic heterocycles. The molecule has 1 unspecified atom stereocenters. The maximum absolute atomic E-state index is 10.00. The van der Waals surface area contributed by atoms with Crippen molar-refractivity contribution in [3.8, 4) is 11.4 Å². The molecule has 0 spiro atoms. The smallest absolute Gasteiger partial charge is 0.143 e. The first-order chi connectivity index (χ1) is 12.7. The van der Waals surface area contributed by atoms with Crippen LogP contribution in [-0.2, 0) is 6.42 Å². The molecule has 4 nitrogen and oxygen atoms in total. The summed E-state index contributed by atoms with van der Waals surface area (Å²) in [6.07, 6.45) is 3.61. The number of phenols is 1. The number of phenolic OH excluding ortho intramolecular Hbond substituents is 1. The summed E-state index contributed by atoms with van der Waals surface area (Å²) in [5, 5.41) is 10.00. The Bertz CT molecular complexity index is 912. The van der Waals surface area contributed by atoms with Gasteiger partial charge in [-0.05, 0) is 48.6 Å². The van der Waals surface area contributed by atoms with E-state index in [1.54, 1.807) is 6.07 Å². The van der Waals surface area contributed by atoms with E-state index in [0.717, 1.165) is 18.0 Å². The van der Waals surface area contributed by atoms with Gasteiger partial charge in [-0.15, -0.1) is 14.1 Å². The molecular weight excluding hydrogens is 322 g/mol. The van der Waals surface area contributed by atoms with E-state index in [9.17, 15) is 5.11 Å². The van der Waals surface area contributed by atoms with Crippen molar-refractivity contribution in [3.63, 3.8) is 0 Å². The van der Waals surface area contributed by atoms with Gasteiger partial charge in [-0.1, -0.05) is 66.2 Å². The van der Waals surface area contributed by atoms with Crippen molar-refractivity contribution in [2.75, 3.05) is 0 Å². The second-order valence-electron chi connectivity index (χ2n) is 6.23. The van der Waals surface area contributed by atoms with Gasteiger partial charge in [0.25, 0.3) is 0 Å². The molecule has 0 fully saturated rings. The van der Waals surface area contributed by atoms with E-state index in [4.69, 9.17) is 0 Å². The predicted molar refractivity (Wildman–Crippen MR) is 111 cm³/mol. The monoisotopic (exact) mass is 355 g/mol. The average Bonchev–Trinajstić information content (AvgIpc) is 3.36. The van der Waals surface area contributed by atoms with E-state index in [0.29, 0.717) is 5.75 Å². The average molecular weight is 356 g/mol. The maximum atomic E-state index is 10.00. The fourth-order valence-electron chi connectivity index (χ4n) is 3.00. The van der Waals surface area contributed by atoms with Crippen molar-refractivity contribution >= 4 is 11.0 Å². The molecule has 4 aromatic rings. The van der Waals surface area contributed by atoms with Gasteiger partial charge in [-0.25, -0.2) is 0 Å². The van der Waals surface area contributed by atoms with Gasteiger partial charge in [0.05, 0.1) is 0 Å². The van der Waals surface area contributed by atoms with Crippen LogP contribution < -0.4 is 0 Å². The van der Waals surface area contributed by atoms with E-state index in [-0.39, 0.29) is 0 Å². The Hall–Kier alpha value is -2.36. The SMILES string of the molecule is CC.CC.CCC(C)CCc1ccc2c(c1)n1n(-c3ccccc3O)n21. The second-order valence-corrected chi connectivity index (χ2v) is 6.23. The van der Waals surface area contributed by atoms with Gasteiger partial charge in [0.15, 0.2) is 0 Å². The fourth-order valence-corrected chi connectivity index (χ4v) is 3.00. The van der Waals surface area contributed by atoms with E-state index >= 15 is 0 Å². The first-order valence-electron chi connectivity index (χ1n) is 10.0. The van der Waals surface area contributed by atoms with Gasteiger partial charge in [0.2, 0.25) is 0 Å². The topological polar surface area (TPSA) is 34.0 Å². The lowest BCUT2D eigenvalue weighted by Crippen LogP contribution is -1.97. The Balaban J connectivity index is 0.000000570. The third kappa shape index (κ3) is 3.59. The molecule has 0 amide bonds. The van der Waals surface area contributed by atoms with E-state index in [1.807, 2.05) is 50.7 Å². The molecule has 0 saturated carbocycles. The number of hydrogen-bond donors (Lipinski definition) is 1. The Morgan fingerprint density at radius 3 is 2.23 bits per heavy atom. The highest BCUT2D eigenvalue weighted by atomic mass is 16.3. The van der Waals surface area contributed by atoms with Crippen LogP contribution in [0.1, 0.15) is 59.9 Å². The number of hydrogen-bond acceptors (Lipinski definition) is 1. The number of rotatable bonds is 5. The quantitative estimate of drug-likeness (QED) is 0.457. The van der Waals surface area contributed by atoms with Crippen LogP contribution in [0, 0.1) is 5.92 Å². The Labute approximate surface area is 156 Å². The zero-order valence-electron chi connectivity index (χ0n) is 17.0. The normalized spacial score (nSPS) is 11.9. The van der Waals surface area contributed by atoms with Gasteiger partial charge >= 0.3 is 0 Å². The first kappa shape index (κ1) is 20.0. The molecule has 0 bridgehead atoms. The van der Waals surface area contributed by atoms with E-state index < -0.39 is 0 Å². The van der Waals surface area contributed by atoms with Gasteiger partial charge in [-0.2, -0.15) is 0 Å². The Morgan fingerprint density at radius 2 is 1.58 bits per heavy atom. The van der Waals surface area contributed by atoms with Crippen LogP contribution in [0.4, 0.5) is 0 Å². The summed E-state index contributed by atoms with van der Waals surface area (Å²) >= 11 is 0. The van der Waals surface area contributed by atoms with Crippen molar-refractivity contribution < 1.29 is 5.11 Å². The van der Waals surface area contributed by atoms with Crippen molar-refractivity contribution in [1.82, 2.24) is 14.1 Å². The molecule has 0 aliphatic carbocycles. The van der Waals surface area contributed by atoms with Crippen LogP contribution in [0.2, 0.25) is 0 Å². The molecular formula is C22H33N3O. The number of aromatic hydroxyl groups is 1. The predicted octanol–water partition coefficient (Wildman–Crippen LogP) is 6.16. The summed E-state index contributed by atoms with van der Waals surface area (Å²) in [4.78, 5) is 2.00. The number of fused-ring (bicyclic) bond motifs is 4. The van der Waals surface area contributed by atoms with Crippen molar-refractivity contribution in [2.24, 2.45) is 5.92 Å². The van der Waals surface area contributed by atoms with Crippen LogP contribution in [0.5, 0.6) is 5.75 Å². The van der Waals surface area contributed by atoms with Crippen molar-refractivity contribution in [1.29, 1.82) is 0 Å². The first-order valence-corrected chi connectivity index (χ1v) is 10.0. The Morgan fingerprint density at radius 1 is 0.923 bits per heavy atom. The van der Waals surface area contributed by atoms with Crippen molar-refractivity contribution in [2.45, 2.75) is 60.8 Å². The minimum Gasteiger partial charge on any atom is -0.506 e. The maximum Gasteiger partial charge on any atom is 0.143 e. The number of nitrogens with zero attached hydrogens (tertiary/aromatic N) is 3. The van der Waals surface area contributed by atoms with Crippen LogP contribution >= 0.6 is 0 Å².